The molecule has 1 heterocycles. The first-order chi connectivity index (χ1) is 9.43. The van der Waals surface area contributed by atoms with Crippen molar-refractivity contribution in [3.63, 3.8) is 0 Å². The van der Waals surface area contributed by atoms with E-state index < -0.39 is 6.10 Å². The van der Waals surface area contributed by atoms with Crippen LogP contribution in [0.1, 0.15) is 31.1 Å². The summed E-state index contributed by atoms with van der Waals surface area (Å²) in [6, 6.07) is 5.11. The fraction of sp³-hybridized carbons (Fsp3) is 0.467. The molecule has 0 bridgehead atoms. The molecule has 5 nitrogen and oxygen atoms in total. The lowest BCUT2D eigenvalue weighted by atomic mass is 10.1. The minimum absolute atomic E-state index is 0.0474. The number of nitrogens with two attached hydrogens (primary N) is 1. The molecular weight excluding hydrogens is 256 g/mol. The average Bonchev–Trinajstić information content (AvgIpc) is 2.42. The van der Waals surface area contributed by atoms with Crippen molar-refractivity contribution < 1.29 is 14.3 Å². The number of Topliss-reactive ketones (excluding diaryl/α,β-unsaturated/α-hetero) is 1. The highest BCUT2D eigenvalue weighted by Gasteiger charge is 2.32. The molecule has 1 aromatic carbocycles. The van der Waals surface area contributed by atoms with Crippen LogP contribution in [-0.2, 0) is 4.79 Å². The van der Waals surface area contributed by atoms with E-state index in [1.54, 1.807) is 30.0 Å². The van der Waals surface area contributed by atoms with Crippen molar-refractivity contribution in [2.24, 2.45) is 11.7 Å². The van der Waals surface area contributed by atoms with E-state index in [4.69, 9.17) is 10.5 Å². The zero-order valence-corrected chi connectivity index (χ0v) is 12.1. The van der Waals surface area contributed by atoms with Crippen molar-refractivity contribution >= 4 is 17.4 Å². The van der Waals surface area contributed by atoms with Gasteiger partial charge in [-0.25, -0.2) is 0 Å². The molecule has 0 saturated heterocycles. The molecule has 1 aliphatic heterocycles. The standard InChI is InChI=1S/C15H20N2O3/c1-9(2)8-17-12-6-11(13(18)7-16)4-5-14(12)20-10(3)15(17)19/h4-6,9-10H,7-8,16H2,1-3H3. The molecule has 1 atom stereocenters. The van der Waals surface area contributed by atoms with Gasteiger partial charge < -0.3 is 15.4 Å². The summed E-state index contributed by atoms with van der Waals surface area (Å²) in [6.07, 6.45) is -0.502. The number of ether oxygens (including phenoxy) is 1. The maximum atomic E-state index is 12.3. The van der Waals surface area contributed by atoms with Crippen LogP contribution < -0.4 is 15.4 Å². The van der Waals surface area contributed by atoms with E-state index >= 15 is 0 Å². The van der Waals surface area contributed by atoms with E-state index in [1.165, 1.54) is 0 Å². The number of anilines is 1. The molecule has 2 N–H and O–H groups in total. The summed E-state index contributed by atoms with van der Waals surface area (Å²) in [6.45, 7) is 6.37. The highest BCUT2D eigenvalue weighted by atomic mass is 16.5. The first kappa shape index (κ1) is 14.5. The Kier molecular flexibility index (Phi) is 4.09. The van der Waals surface area contributed by atoms with Crippen molar-refractivity contribution in [3.8, 4) is 5.75 Å². The highest BCUT2D eigenvalue weighted by molar-refractivity contribution is 6.03. The van der Waals surface area contributed by atoms with Gasteiger partial charge in [0.05, 0.1) is 12.2 Å². The summed E-state index contributed by atoms with van der Waals surface area (Å²) in [4.78, 5) is 25.7. The Hall–Kier alpha value is -1.88. The predicted molar refractivity (Wildman–Crippen MR) is 77.1 cm³/mol. The number of rotatable bonds is 4. The van der Waals surface area contributed by atoms with Gasteiger partial charge in [-0.3, -0.25) is 9.59 Å². The van der Waals surface area contributed by atoms with Crippen LogP contribution in [0.25, 0.3) is 0 Å². The fourth-order valence-electron chi connectivity index (χ4n) is 2.25. The largest absolute Gasteiger partial charge is 0.479 e. The van der Waals surface area contributed by atoms with E-state index in [1.807, 2.05) is 13.8 Å². The smallest absolute Gasteiger partial charge is 0.267 e. The number of carbonyl (C=O) groups excluding carboxylic acids is 2. The molecule has 0 aliphatic carbocycles. The van der Waals surface area contributed by atoms with Crippen LogP contribution in [0, 0.1) is 5.92 Å². The van der Waals surface area contributed by atoms with E-state index in [0.717, 1.165) is 0 Å². The van der Waals surface area contributed by atoms with Crippen LogP contribution in [0.2, 0.25) is 0 Å². The lowest BCUT2D eigenvalue weighted by molar-refractivity contribution is -0.125. The maximum absolute atomic E-state index is 12.3. The second-order valence-corrected chi connectivity index (χ2v) is 5.41. The first-order valence-electron chi connectivity index (χ1n) is 6.79. The maximum Gasteiger partial charge on any atom is 0.267 e. The Morgan fingerprint density at radius 3 is 2.75 bits per heavy atom. The minimum Gasteiger partial charge on any atom is -0.479 e. The van der Waals surface area contributed by atoms with Crippen molar-refractivity contribution in [1.82, 2.24) is 0 Å². The number of carbonyl (C=O) groups is 2. The monoisotopic (exact) mass is 276 g/mol. The van der Waals surface area contributed by atoms with Crippen molar-refractivity contribution in [2.75, 3.05) is 18.0 Å². The third kappa shape index (κ3) is 2.67. The Balaban J connectivity index is 2.45. The van der Waals surface area contributed by atoms with E-state index in [2.05, 4.69) is 0 Å². The fourth-order valence-corrected chi connectivity index (χ4v) is 2.25. The molecular formula is C15H20N2O3. The lowest BCUT2D eigenvalue weighted by Crippen LogP contribution is -2.46. The van der Waals surface area contributed by atoms with Gasteiger partial charge in [-0.05, 0) is 31.0 Å². The quantitative estimate of drug-likeness (QED) is 0.848. The molecule has 1 aromatic rings. The number of fused-ring (bicyclic) bond motifs is 1. The summed E-state index contributed by atoms with van der Waals surface area (Å²) in [7, 11) is 0. The molecule has 2 rings (SSSR count). The molecule has 0 radical (unpaired) electrons. The van der Waals surface area contributed by atoms with Crippen LogP contribution in [0.15, 0.2) is 18.2 Å². The molecule has 1 amide bonds. The van der Waals surface area contributed by atoms with Crippen LogP contribution in [0.3, 0.4) is 0 Å². The molecule has 0 saturated carbocycles. The van der Waals surface area contributed by atoms with E-state index in [9.17, 15) is 9.59 Å². The third-order valence-corrected chi connectivity index (χ3v) is 3.22. The van der Waals surface area contributed by atoms with Crippen LogP contribution >= 0.6 is 0 Å². The molecule has 0 spiro atoms. The lowest BCUT2D eigenvalue weighted by Gasteiger charge is -2.34. The second kappa shape index (κ2) is 5.63. The molecule has 108 valence electrons. The Labute approximate surface area is 118 Å². The van der Waals surface area contributed by atoms with Gasteiger partial charge in [-0.1, -0.05) is 13.8 Å². The van der Waals surface area contributed by atoms with E-state index in [0.29, 0.717) is 29.5 Å². The molecule has 0 aromatic heterocycles. The van der Waals surface area contributed by atoms with Crippen LogP contribution in [0.5, 0.6) is 5.75 Å². The van der Waals surface area contributed by atoms with Gasteiger partial charge in [-0.2, -0.15) is 0 Å². The van der Waals surface area contributed by atoms with Gasteiger partial charge in [0, 0.05) is 12.1 Å². The van der Waals surface area contributed by atoms with Crippen molar-refractivity contribution in [1.29, 1.82) is 0 Å². The number of nitrogens with zero attached hydrogens (tertiary/aromatic N) is 1. The average molecular weight is 276 g/mol. The van der Waals surface area contributed by atoms with Crippen LogP contribution in [-0.4, -0.2) is 30.9 Å². The second-order valence-electron chi connectivity index (χ2n) is 5.41. The Morgan fingerprint density at radius 2 is 2.15 bits per heavy atom. The molecule has 1 aliphatic rings. The van der Waals surface area contributed by atoms with E-state index in [-0.39, 0.29) is 18.2 Å². The third-order valence-electron chi connectivity index (χ3n) is 3.22. The molecule has 0 fully saturated rings. The van der Waals surface area contributed by atoms with Crippen LogP contribution in [0.4, 0.5) is 5.69 Å². The van der Waals surface area contributed by atoms with Gasteiger partial charge in [0.1, 0.15) is 5.75 Å². The number of amides is 1. The highest BCUT2D eigenvalue weighted by Crippen LogP contribution is 2.35. The molecule has 1 unspecified atom stereocenters. The van der Waals surface area contributed by atoms with Crippen molar-refractivity contribution in [2.45, 2.75) is 26.9 Å². The van der Waals surface area contributed by atoms with Gasteiger partial charge in [-0.15, -0.1) is 0 Å². The molecule has 20 heavy (non-hydrogen) atoms. The van der Waals surface area contributed by atoms with Gasteiger partial charge in [0.2, 0.25) is 0 Å². The van der Waals surface area contributed by atoms with Gasteiger partial charge in [0.25, 0.3) is 5.91 Å². The zero-order chi connectivity index (χ0) is 14.9. The summed E-state index contributed by atoms with van der Waals surface area (Å²) in [5.74, 6) is 0.726. The SMILES string of the molecule is CC(C)CN1C(=O)C(C)Oc2ccc(C(=O)CN)cc21. The summed E-state index contributed by atoms with van der Waals surface area (Å²) in [5, 5.41) is 0. The number of hydrogen-bond donors (Lipinski definition) is 1. The number of benzene rings is 1. The number of hydrogen-bond acceptors (Lipinski definition) is 4. The summed E-state index contributed by atoms with van der Waals surface area (Å²) in [5.41, 5.74) is 6.54. The number of ketones is 1. The van der Waals surface area contributed by atoms with Gasteiger partial charge in [0.15, 0.2) is 11.9 Å². The zero-order valence-electron chi connectivity index (χ0n) is 12.1. The minimum atomic E-state index is -0.502. The normalized spacial score (nSPS) is 17.9. The predicted octanol–water partition coefficient (Wildman–Crippen LogP) is 1.60. The first-order valence-corrected chi connectivity index (χ1v) is 6.79. The Morgan fingerprint density at radius 1 is 1.45 bits per heavy atom. The van der Waals surface area contributed by atoms with Crippen molar-refractivity contribution in [3.05, 3.63) is 23.8 Å². The summed E-state index contributed by atoms with van der Waals surface area (Å²) >= 11 is 0. The Bertz CT molecular complexity index is 540. The van der Waals surface area contributed by atoms with Gasteiger partial charge >= 0.3 is 0 Å². The molecule has 5 heteroatoms. The topological polar surface area (TPSA) is 72.6 Å². The summed E-state index contributed by atoms with van der Waals surface area (Å²) < 4.78 is 5.59.